The molecule has 4 aromatic carbocycles. The summed E-state index contributed by atoms with van der Waals surface area (Å²) in [6, 6.07) is 25.5. The van der Waals surface area contributed by atoms with Gasteiger partial charge in [-0.2, -0.15) is 0 Å². The van der Waals surface area contributed by atoms with Crippen LogP contribution in [0.25, 0.3) is 0 Å². The van der Waals surface area contributed by atoms with Crippen LogP contribution in [-0.4, -0.2) is 67.5 Å². The van der Waals surface area contributed by atoms with Crippen molar-refractivity contribution < 1.29 is 38.7 Å². The zero-order valence-corrected chi connectivity index (χ0v) is 29.4. The summed E-state index contributed by atoms with van der Waals surface area (Å²) in [6.07, 6.45) is 1.05. The van der Waals surface area contributed by atoms with Crippen molar-refractivity contribution in [2.75, 3.05) is 28.4 Å². The van der Waals surface area contributed by atoms with E-state index in [1.807, 2.05) is 0 Å². The number of primary amides is 1. The molecule has 2 atom stereocenters. The Labute approximate surface area is 293 Å². The van der Waals surface area contributed by atoms with Crippen LogP contribution in [0, 0.1) is 5.41 Å². The van der Waals surface area contributed by atoms with E-state index in [0.29, 0.717) is 51.7 Å². The molecule has 5 rings (SSSR count). The first kappa shape index (κ1) is 36.2. The molecule has 0 heterocycles. The van der Waals surface area contributed by atoms with Gasteiger partial charge in [-0.15, -0.1) is 0 Å². The molecule has 0 aromatic heterocycles. The molecule has 1 aliphatic rings. The third-order valence-corrected chi connectivity index (χ3v) is 10.4. The monoisotopic (exact) mass is 682 g/mol. The summed E-state index contributed by atoms with van der Waals surface area (Å²) in [5.74, 6) is 0.0187. The number of carbonyl (C=O) groups excluding carboxylic acids is 2. The highest BCUT2D eigenvalue weighted by atomic mass is 16.5. The van der Waals surface area contributed by atoms with E-state index in [4.69, 9.17) is 24.7 Å². The van der Waals surface area contributed by atoms with E-state index in [1.54, 1.807) is 111 Å². The van der Waals surface area contributed by atoms with Crippen molar-refractivity contribution >= 4 is 11.8 Å². The number of aliphatic hydroxyl groups is 2. The van der Waals surface area contributed by atoms with Gasteiger partial charge in [0.25, 0.3) is 0 Å². The minimum atomic E-state index is -2.03. The highest BCUT2D eigenvalue weighted by molar-refractivity contribution is 6.05. The van der Waals surface area contributed by atoms with Crippen molar-refractivity contribution in [3.63, 3.8) is 0 Å². The Bertz CT molecular complexity index is 1630. The summed E-state index contributed by atoms with van der Waals surface area (Å²) in [5, 5.41) is 26.8. The molecule has 1 aliphatic carbocycles. The Kier molecular flexibility index (Phi) is 10.5. The highest BCUT2D eigenvalue weighted by Gasteiger charge is 2.59. The van der Waals surface area contributed by atoms with Crippen LogP contribution in [0.2, 0.25) is 0 Å². The lowest BCUT2D eigenvalue weighted by Gasteiger charge is -2.52. The average Bonchev–Trinajstić information content (AvgIpc) is 3.13. The summed E-state index contributed by atoms with van der Waals surface area (Å²) < 4.78 is 23.1. The van der Waals surface area contributed by atoms with Crippen LogP contribution in [0.5, 0.6) is 23.0 Å². The summed E-state index contributed by atoms with van der Waals surface area (Å²) in [7, 11) is 5.99. The molecule has 0 aliphatic heterocycles. The molecule has 10 nitrogen and oxygen atoms in total. The Morgan fingerprint density at radius 2 is 0.900 bits per heavy atom. The largest absolute Gasteiger partial charge is 0.496 e. The molecular weight excluding hydrogens is 636 g/mol. The van der Waals surface area contributed by atoms with Gasteiger partial charge in [0.1, 0.15) is 39.6 Å². The number of nitrogens with zero attached hydrogens (tertiary/aromatic N) is 1. The fourth-order valence-corrected chi connectivity index (χ4v) is 7.46. The number of hydrogen-bond acceptors (Lipinski definition) is 8. The molecule has 10 heteroatoms. The number of methoxy groups -OCH3 is 4. The van der Waals surface area contributed by atoms with Gasteiger partial charge < -0.3 is 39.8 Å². The normalized spacial score (nSPS) is 15.2. The second-order valence-corrected chi connectivity index (χ2v) is 12.7. The SMILES string of the molecule is COc1ccccc1C(O)(c1ccccc1OC)[C@@H](C)N(C(=O)C1(C(N)=O)CCC1)[C@H](C)C(O)(c1ccccc1OC)c1ccccc1OC. The predicted octanol–water partition coefficient (Wildman–Crippen LogP) is 5.15. The maximum Gasteiger partial charge on any atom is 0.238 e. The van der Waals surface area contributed by atoms with Crippen LogP contribution in [0.3, 0.4) is 0 Å². The van der Waals surface area contributed by atoms with E-state index in [0.717, 1.165) is 0 Å². The van der Waals surface area contributed by atoms with Crippen molar-refractivity contribution in [1.82, 2.24) is 4.90 Å². The van der Waals surface area contributed by atoms with Gasteiger partial charge >= 0.3 is 0 Å². The summed E-state index contributed by atoms with van der Waals surface area (Å²) in [4.78, 5) is 29.9. The van der Waals surface area contributed by atoms with E-state index in [2.05, 4.69) is 0 Å². The Hall–Kier alpha value is -5.06. The second kappa shape index (κ2) is 14.4. The van der Waals surface area contributed by atoms with Gasteiger partial charge in [-0.05, 0) is 51.0 Å². The maximum atomic E-state index is 15.3. The number of ether oxygens (including phenoxy) is 4. The summed E-state index contributed by atoms with van der Waals surface area (Å²) >= 11 is 0. The number of rotatable bonds is 14. The molecule has 4 N–H and O–H groups in total. The van der Waals surface area contributed by atoms with Gasteiger partial charge in [0.2, 0.25) is 11.8 Å². The zero-order chi connectivity index (χ0) is 36.3. The lowest BCUT2D eigenvalue weighted by atomic mass is 9.65. The Morgan fingerprint density at radius 3 is 1.12 bits per heavy atom. The lowest BCUT2D eigenvalue weighted by molar-refractivity contribution is -0.170. The van der Waals surface area contributed by atoms with Gasteiger partial charge in [-0.1, -0.05) is 79.2 Å². The summed E-state index contributed by atoms with van der Waals surface area (Å²) in [5.41, 5.74) is 1.75. The molecule has 0 spiro atoms. The van der Waals surface area contributed by atoms with E-state index in [-0.39, 0.29) is 12.8 Å². The van der Waals surface area contributed by atoms with Crippen LogP contribution in [0.1, 0.15) is 55.4 Å². The third kappa shape index (κ3) is 5.72. The number of para-hydroxylation sites is 4. The summed E-state index contributed by atoms with van der Waals surface area (Å²) in [6.45, 7) is 3.37. The topological polar surface area (TPSA) is 141 Å². The van der Waals surface area contributed by atoms with Gasteiger partial charge in [0.05, 0.1) is 40.5 Å². The Morgan fingerprint density at radius 1 is 0.620 bits per heavy atom. The molecule has 50 heavy (non-hydrogen) atoms. The van der Waals surface area contributed by atoms with E-state index in [1.165, 1.54) is 33.3 Å². The molecule has 0 unspecified atom stereocenters. The van der Waals surface area contributed by atoms with Crippen LogP contribution in [-0.2, 0) is 20.8 Å². The quantitative estimate of drug-likeness (QED) is 0.155. The lowest BCUT2D eigenvalue weighted by Crippen LogP contribution is -2.66. The van der Waals surface area contributed by atoms with Gasteiger partial charge in [-0.25, -0.2) is 0 Å². The first-order valence-corrected chi connectivity index (χ1v) is 16.6. The minimum absolute atomic E-state index is 0.223. The molecule has 264 valence electrons. The number of amides is 2. The standard InChI is InChI=1S/C40H46N2O8/c1-26(39(45,28-16-7-11-20-32(28)47-3)29-17-8-12-21-33(29)48-4)42(37(44)38(36(41)43)24-15-25-38)27(2)40(46,30-18-9-13-22-34(30)49-5)31-19-10-14-23-35(31)50-6/h7-14,16-23,26-27,45-46H,15,24-25H2,1-6H3,(H2,41,43)/t26-,27-/m1/s1. The number of nitrogens with two attached hydrogens (primary N) is 1. The fraction of sp³-hybridized carbons (Fsp3) is 0.350. The van der Waals surface area contributed by atoms with Crippen molar-refractivity contribution in [3.8, 4) is 23.0 Å². The van der Waals surface area contributed by atoms with Gasteiger partial charge in [-0.3, -0.25) is 9.59 Å². The smallest absolute Gasteiger partial charge is 0.238 e. The predicted molar refractivity (Wildman–Crippen MR) is 189 cm³/mol. The van der Waals surface area contributed by atoms with Crippen molar-refractivity contribution in [3.05, 3.63) is 119 Å². The van der Waals surface area contributed by atoms with Crippen LogP contribution in [0.15, 0.2) is 97.1 Å². The molecule has 0 saturated heterocycles. The molecular formula is C40H46N2O8. The zero-order valence-electron chi connectivity index (χ0n) is 29.4. The second-order valence-electron chi connectivity index (χ2n) is 12.7. The first-order valence-electron chi connectivity index (χ1n) is 16.6. The first-order chi connectivity index (χ1) is 24.0. The van der Waals surface area contributed by atoms with E-state index < -0.39 is 40.5 Å². The molecule has 4 aromatic rings. The van der Waals surface area contributed by atoms with Crippen LogP contribution >= 0.6 is 0 Å². The minimum Gasteiger partial charge on any atom is -0.496 e. The number of benzene rings is 4. The maximum absolute atomic E-state index is 15.3. The number of carbonyl (C=O) groups is 2. The fourth-order valence-electron chi connectivity index (χ4n) is 7.46. The highest BCUT2D eigenvalue weighted by Crippen LogP contribution is 2.51. The van der Waals surface area contributed by atoms with Crippen molar-refractivity contribution in [1.29, 1.82) is 0 Å². The molecule has 1 saturated carbocycles. The van der Waals surface area contributed by atoms with Gasteiger partial charge in [0.15, 0.2) is 0 Å². The average molecular weight is 683 g/mol. The van der Waals surface area contributed by atoms with Gasteiger partial charge in [0, 0.05) is 22.3 Å². The molecule has 2 amide bonds. The molecule has 0 bridgehead atoms. The molecule has 1 fully saturated rings. The third-order valence-electron chi connectivity index (χ3n) is 10.4. The van der Waals surface area contributed by atoms with Crippen molar-refractivity contribution in [2.24, 2.45) is 11.1 Å². The van der Waals surface area contributed by atoms with Crippen molar-refractivity contribution in [2.45, 2.75) is 56.4 Å². The van der Waals surface area contributed by atoms with Crippen LogP contribution in [0.4, 0.5) is 0 Å². The number of hydrogen-bond donors (Lipinski definition) is 3. The van der Waals surface area contributed by atoms with E-state index >= 15 is 4.79 Å². The molecule has 0 radical (unpaired) electrons. The van der Waals surface area contributed by atoms with Crippen LogP contribution < -0.4 is 24.7 Å². The Balaban J connectivity index is 1.88. The van der Waals surface area contributed by atoms with E-state index in [9.17, 15) is 15.0 Å².